The fourth-order valence-electron chi connectivity index (χ4n) is 3.49. The summed E-state index contributed by atoms with van der Waals surface area (Å²) < 4.78 is 20.0. The van der Waals surface area contributed by atoms with Gasteiger partial charge in [0.05, 0.1) is 6.61 Å². The highest BCUT2D eigenvalue weighted by atomic mass is 19.1. The normalized spacial score (nSPS) is 17.2. The largest absolute Gasteiger partial charge is 0.493 e. The number of hydrogen-bond donors (Lipinski definition) is 0. The molecule has 3 heteroatoms. The Morgan fingerprint density at radius 2 is 1.96 bits per heavy atom. The molecule has 1 aromatic rings. The van der Waals surface area contributed by atoms with Crippen LogP contribution in [0.3, 0.4) is 0 Å². The van der Waals surface area contributed by atoms with Crippen molar-refractivity contribution in [2.24, 2.45) is 5.41 Å². The van der Waals surface area contributed by atoms with E-state index < -0.39 is 5.83 Å². The van der Waals surface area contributed by atoms with Crippen molar-refractivity contribution in [2.45, 2.75) is 66.7 Å². The van der Waals surface area contributed by atoms with Crippen molar-refractivity contribution in [1.29, 1.82) is 0 Å². The van der Waals surface area contributed by atoms with E-state index in [4.69, 9.17) is 4.74 Å². The van der Waals surface area contributed by atoms with Crippen molar-refractivity contribution >= 4 is 17.4 Å². The number of carbonyl (C=O) groups is 1. The Bertz CT molecular complexity index is 761. The molecule has 0 heterocycles. The predicted molar refractivity (Wildman–Crippen MR) is 107 cm³/mol. The van der Waals surface area contributed by atoms with Crippen LogP contribution >= 0.6 is 0 Å². The van der Waals surface area contributed by atoms with Crippen molar-refractivity contribution in [3.05, 3.63) is 40.7 Å². The highest BCUT2D eigenvalue weighted by Gasteiger charge is 2.33. The van der Waals surface area contributed by atoms with Crippen molar-refractivity contribution in [2.75, 3.05) is 6.61 Å². The van der Waals surface area contributed by atoms with Gasteiger partial charge in [0.1, 0.15) is 5.75 Å². The van der Waals surface area contributed by atoms with Gasteiger partial charge in [-0.25, -0.2) is 4.39 Å². The van der Waals surface area contributed by atoms with Gasteiger partial charge in [-0.1, -0.05) is 47.6 Å². The van der Waals surface area contributed by atoms with Crippen LogP contribution in [0.5, 0.6) is 5.75 Å². The van der Waals surface area contributed by atoms with Crippen LogP contribution in [0.1, 0.15) is 78.0 Å². The molecule has 0 bridgehead atoms. The lowest BCUT2D eigenvalue weighted by Gasteiger charge is -2.37. The number of rotatable bonds is 5. The molecule has 1 aromatic carbocycles. The third-order valence-electron chi connectivity index (χ3n) is 5.09. The predicted octanol–water partition coefficient (Wildman–Crippen LogP) is 6.49. The van der Waals surface area contributed by atoms with Crippen LogP contribution in [-0.2, 0) is 10.2 Å². The molecule has 0 N–H and O–H groups in total. The Morgan fingerprint density at radius 1 is 1.31 bits per heavy atom. The van der Waals surface area contributed by atoms with Gasteiger partial charge in [-0.05, 0) is 65.0 Å². The minimum Gasteiger partial charge on any atom is -0.493 e. The quantitative estimate of drug-likeness (QED) is 0.444. The molecule has 0 saturated carbocycles. The first-order valence-corrected chi connectivity index (χ1v) is 9.37. The zero-order chi connectivity index (χ0) is 19.7. The lowest BCUT2D eigenvalue weighted by atomic mass is 9.67. The van der Waals surface area contributed by atoms with Crippen molar-refractivity contribution in [1.82, 2.24) is 0 Å². The van der Waals surface area contributed by atoms with Gasteiger partial charge in [0.2, 0.25) is 0 Å². The topological polar surface area (TPSA) is 26.3 Å². The molecule has 26 heavy (non-hydrogen) atoms. The number of carbonyl (C=O) groups excluding carboxylic acids is 1. The SMILES string of the molecule is CCCOc1cc2c(cc1C(C)=C(F)C=O)C(C(C)(C)C)=CCC2(C)C. The molecule has 0 radical (unpaired) electrons. The van der Waals surface area contributed by atoms with E-state index in [1.165, 1.54) is 11.1 Å². The van der Waals surface area contributed by atoms with E-state index in [9.17, 15) is 9.18 Å². The van der Waals surface area contributed by atoms with Crippen molar-refractivity contribution < 1.29 is 13.9 Å². The molecule has 0 amide bonds. The van der Waals surface area contributed by atoms with E-state index in [1.807, 2.05) is 13.0 Å². The first-order valence-electron chi connectivity index (χ1n) is 9.37. The minimum absolute atomic E-state index is 0.0187. The van der Waals surface area contributed by atoms with Gasteiger partial charge >= 0.3 is 0 Å². The molecule has 1 aliphatic carbocycles. The smallest absolute Gasteiger partial charge is 0.178 e. The molecule has 0 aliphatic heterocycles. The van der Waals surface area contributed by atoms with Crippen LogP contribution < -0.4 is 4.74 Å². The molecular weight excluding hydrogens is 327 g/mol. The van der Waals surface area contributed by atoms with Crippen LogP contribution in [0.25, 0.3) is 11.1 Å². The number of fused-ring (bicyclic) bond motifs is 1. The molecule has 2 rings (SSSR count). The van der Waals surface area contributed by atoms with Gasteiger partial charge in [0.25, 0.3) is 0 Å². The van der Waals surface area contributed by atoms with E-state index in [0.717, 1.165) is 18.4 Å². The second-order valence-corrected chi connectivity index (χ2v) is 8.79. The average molecular weight is 358 g/mol. The van der Waals surface area contributed by atoms with Crippen molar-refractivity contribution in [3.63, 3.8) is 0 Å². The number of benzene rings is 1. The summed E-state index contributed by atoms with van der Waals surface area (Å²) in [4.78, 5) is 11.0. The maximum Gasteiger partial charge on any atom is 0.178 e. The van der Waals surface area contributed by atoms with Gasteiger partial charge < -0.3 is 4.74 Å². The number of ether oxygens (including phenoxy) is 1. The fraction of sp³-hybridized carbons (Fsp3) is 0.522. The molecule has 0 atom stereocenters. The lowest BCUT2D eigenvalue weighted by Crippen LogP contribution is -2.25. The van der Waals surface area contributed by atoms with Crippen LogP contribution in [0.2, 0.25) is 0 Å². The lowest BCUT2D eigenvalue weighted by molar-refractivity contribution is -0.106. The van der Waals surface area contributed by atoms with Gasteiger partial charge in [-0.2, -0.15) is 0 Å². The number of aldehydes is 1. The average Bonchev–Trinajstić information content (AvgIpc) is 2.56. The van der Waals surface area contributed by atoms with Gasteiger partial charge in [-0.15, -0.1) is 0 Å². The molecule has 0 fully saturated rings. The molecule has 0 saturated heterocycles. The molecule has 0 aromatic heterocycles. The van der Waals surface area contributed by atoms with Gasteiger partial charge in [0, 0.05) is 5.56 Å². The molecule has 142 valence electrons. The monoisotopic (exact) mass is 358 g/mol. The van der Waals surface area contributed by atoms with Gasteiger partial charge in [0.15, 0.2) is 12.1 Å². The maximum absolute atomic E-state index is 14.1. The summed E-state index contributed by atoms with van der Waals surface area (Å²) in [6.45, 7) is 15.3. The van der Waals surface area contributed by atoms with Crippen LogP contribution in [-0.4, -0.2) is 12.9 Å². The summed E-state index contributed by atoms with van der Waals surface area (Å²) in [5, 5.41) is 0. The maximum atomic E-state index is 14.1. The first kappa shape index (κ1) is 20.4. The standard InChI is InChI=1S/C23H31FO2/c1-8-11-26-21-13-19-17(12-16(21)15(2)20(24)14-25)18(22(3,4)5)9-10-23(19,6)7/h9,12-14H,8,10-11H2,1-7H3. The summed E-state index contributed by atoms with van der Waals surface area (Å²) in [5.41, 5.74) is 4.56. The zero-order valence-corrected chi connectivity index (χ0v) is 17.1. The van der Waals surface area contributed by atoms with E-state index in [0.29, 0.717) is 23.5 Å². The molecular formula is C23H31FO2. The molecule has 0 unspecified atom stereocenters. The van der Waals surface area contributed by atoms with E-state index in [2.05, 4.69) is 46.8 Å². The van der Waals surface area contributed by atoms with E-state index in [-0.39, 0.29) is 17.1 Å². The number of halogens is 1. The Kier molecular flexibility index (Phi) is 5.79. The van der Waals surface area contributed by atoms with E-state index in [1.54, 1.807) is 6.92 Å². The third-order valence-corrected chi connectivity index (χ3v) is 5.09. The first-order chi connectivity index (χ1) is 12.0. The molecule has 1 aliphatic rings. The molecule has 2 nitrogen and oxygen atoms in total. The van der Waals surface area contributed by atoms with Crippen molar-refractivity contribution in [3.8, 4) is 5.75 Å². The zero-order valence-electron chi connectivity index (χ0n) is 17.1. The Balaban J connectivity index is 2.79. The number of allylic oxidation sites excluding steroid dienone is 4. The second kappa shape index (κ2) is 7.38. The van der Waals surface area contributed by atoms with Crippen LogP contribution in [0, 0.1) is 5.41 Å². The third kappa shape index (κ3) is 3.92. The summed E-state index contributed by atoms with van der Waals surface area (Å²) >= 11 is 0. The summed E-state index contributed by atoms with van der Waals surface area (Å²) in [5.74, 6) is -0.0917. The minimum atomic E-state index is -0.748. The van der Waals surface area contributed by atoms with Crippen LogP contribution in [0.4, 0.5) is 4.39 Å². The van der Waals surface area contributed by atoms with Gasteiger partial charge in [-0.3, -0.25) is 4.79 Å². The van der Waals surface area contributed by atoms with E-state index >= 15 is 0 Å². The fourth-order valence-corrected chi connectivity index (χ4v) is 3.49. The Hall–Kier alpha value is -1.90. The summed E-state index contributed by atoms with van der Waals surface area (Å²) in [6.07, 6.45) is 4.39. The Labute approximate surface area is 157 Å². The summed E-state index contributed by atoms with van der Waals surface area (Å²) in [7, 11) is 0. The second-order valence-electron chi connectivity index (χ2n) is 8.79. The van der Waals surface area contributed by atoms with Crippen LogP contribution in [0.15, 0.2) is 24.0 Å². The Morgan fingerprint density at radius 3 is 2.50 bits per heavy atom. The highest BCUT2D eigenvalue weighted by Crippen LogP contribution is 2.48. The summed E-state index contributed by atoms with van der Waals surface area (Å²) in [6, 6.07) is 4.07. The molecule has 0 spiro atoms. The highest BCUT2D eigenvalue weighted by molar-refractivity contribution is 5.88. The number of hydrogen-bond acceptors (Lipinski definition) is 2.